The first-order valence-corrected chi connectivity index (χ1v) is 6.39. The summed E-state index contributed by atoms with van der Waals surface area (Å²) < 4.78 is 0.819. The Morgan fingerprint density at radius 1 is 1.29 bits per heavy atom. The summed E-state index contributed by atoms with van der Waals surface area (Å²) in [6.45, 7) is 2.22. The number of halogens is 1. The molecular formula is C13H12BrN3. The van der Waals surface area contributed by atoms with E-state index < -0.39 is 0 Å². The molecule has 0 aliphatic carbocycles. The third-order valence-corrected chi connectivity index (χ3v) is 3.51. The van der Waals surface area contributed by atoms with Crippen molar-refractivity contribution in [1.82, 2.24) is 9.97 Å². The molecule has 2 aromatic rings. The zero-order valence-electron chi connectivity index (χ0n) is 9.47. The van der Waals surface area contributed by atoms with Gasteiger partial charge < -0.3 is 4.90 Å². The fourth-order valence-corrected chi connectivity index (χ4v) is 2.67. The van der Waals surface area contributed by atoms with Crippen LogP contribution in [0, 0.1) is 0 Å². The first kappa shape index (κ1) is 10.7. The van der Waals surface area contributed by atoms with Gasteiger partial charge in [-0.15, -0.1) is 0 Å². The van der Waals surface area contributed by atoms with Gasteiger partial charge in [0.1, 0.15) is 16.7 Å². The number of benzene rings is 1. The van der Waals surface area contributed by atoms with E-state index in [9.17, 15) is 0 Å². The number of nitrogens with zero attached hydrogens (tertiary/aromatic N) is 3. The molecule has 4 heteroatoms. The van der Waals surface area contributed by atoms with Gasteiger partial charge in [0.15, 0.2) is 0 Å². The minimum Gasteiger partial charge on any atom is -0.323 e. The zero-order chi connectivity index (χ0) is 11.8. The lowest BCUT2D eigenvalue weighted by atomic mass is 10.1. The normalized spacial score (nSPS) is 18.2. The van der Waals surface area contributed by atoms with Gasteiger partial charge in [0.25, 0.3) is 0 Å². The Kier molecular flexibility index (Phi) is 2.59. The van der Waals surface area contributed by atoms with Crippen LogP contribution in [0.4, 0.5) is 11.5 Å². The van der Waals surface area contributed by atoms with Gasteiger partial charge in [-0.05, 0) is 40.9 Å². The molecule has 1 aromatic carbocycles. The van der Waals surface area contributed by atoms with Crippen molar-refractivity contribution in [2.45, 2.75) is 19.4 Å². The maximum absolute atomic E-state index is 4.36. The van der Waals surface area contributed by atoms with Gasteiger partial charge in [0, 0.05) is 17.8 Å². The summed E-state index contributed by atoms with van der Waals surface area (Å²) in [5, 5.41) is 0. The van der Waals surface area contributed by atoms with Gasteiger partial charge in [0.2, 0.25) is 0 Å². The van der Waals surface area contributed by atoms with Gasteiger partial charge >= 0.3 is 0 Å². The van der Waals surface area contributed by atoms with Crippen LogP contribution in [0.15, 0.2) is 41.3 Å². The Labute approximate surface area is 109 Å². The summed E-state index contributed by atoms with van der Waals surface area (Å²) in [6, 6.07) is 10.9. The Balaban J connectivity index is 2.09. The van der Waals surface area contributed by atoms with Crippen LogP contribution >= 0.6 is 15.9 Å². The molecule has 0 amide bonds. The molecule has 0 bridgehead atoms. The van der Waals surface area contributed by atoms with E-state index in [0.29, 0.717) is 6.04 Å². The number of hydrogen-bond acceptors (Lipinski definition) is 3. The van der Waals surface area contributed by atoms with Crippen LogP contribution in [0.3, 0.4) is 0 Å². The topological polar surface area (TPSA) is 29.0 Å². The monoisotopic (exact) mass is 289 g/mol. The van der Waals surface area contributed by atoms with Crippen LogP contribution in [-0.4, -0.2) is 16.0 Å². The minimum atomic E-state index is 0.439. The molecule has 3 nitrogen and oxygen atoms in total. The van der Waals surface area contributed by atoms with Crippen molar-refractivity contribution in [1.29, 1.82) is 0 Å². The molecule has 2 heterocycles. The third-order valence-electron chi connectivity index (χ3n) is 3.07. The molecule has 0 N–H and O–H groups in total. The van der Waals surface area contributed by atoms with Gasteiger partial charge in [0.05, 0.1) is 0 Å². The van der Waals surface area contributed by atoms with Crippen molar-refractivity contribution in [2.75, 3.05) is 4.90 Å². The molecule has 1 aliphatic rings. The molecule has 0 radical (unpaired) electrons. The molecule has 3 rings (SSSR count). The van der Waals surface area contributed by atoms with Crippen molar-refractivity contribution < 1.29 is 0 Å². The second-order valence-electron chi connectivity index (χ2n) is 4.25. The summed E-state index contributed by atoms with van der Waals surface area (Å²) >= 11 is 3.39. The Morgan fingerprint density at radius 2 is 2.12 bits per heavy atom. The van der Waals surface area contributed by atoms with E-state index in [-0.39, 0.29) is 0 Å². The number of fused-ring (bicyclic) bond motifs is 1. The fraction of sp³-hybridized carbons (Fsp3) is 0.231. The van der Waals surface area contributed by atoms with E-state index in [4.69, 9.17) is 0 Å². The van der Waals surface area contributed by atoms with E-state index in [2.05, 4.69) is 62.0 Å². The molecule has 0 saturated heterocycles. The van der Waals surface area contributed by atoms with Crippen molar-refractivity contribution >= 4 is 27.4 Å². The van der Waals surface area contributed by atoms with Crippen LogP contribution in [0.2, 0.25) is 0 Å². The molecular weight excluding hydrogens is 278 g/mol. The summed E-state index contributed by atoms with van der Waals surface area (Å²) in [5.41, 5.74) is 2.64. The second kappa shape index (κ2) is 4.11. The van der Waals surface area contributed by atoms with E-state index in [1.807, 2.05) is 6.07 Å². The van der Waals surface area contributed by atoms with Crippen LogP contribution in [0.25, 0.3) is 0 Å². The van der Waals surface area contributed by atoms with Crippen LogP contribution in [-0.2, 0) is 6.42 Å². The maximum atomic E-state index is 4.36. The smallest absolute Gasteiger partial charge is 0.137 e. The average molecular weight is 290 g/mol. The summed E-state index contributed by atoms with van der Waals surface area (Å²) in [6.07, 6.45) is 2.66. The number of para-hydroxylation sites is 1. The average Bonchev–Trinajstić information content (AvgIpc) is 2.64. The van der Waals surface area contributed by atoms with Crippen molar-refractivity contribution in [2.24, 2.45) is 0 Å². The predicted molar refractivity (Wildman–Crippen MR) is 71.5 cm³/mol. The van der Waals surface area contributed by atoms with Crippen molar-refractivity contribution in [3.63, 3.8) is 0 Å². The highest BCUT2D eigenvalue weighted by molar-refractivity contribution is 9.10. The Bertz CT molecular complexity index is 556. The van der Waals surface area contributed by atoms with Crippen LogP contribution in [0.5, 0.6) is 0 Å². The van der Waals surface area contributed by atoms with Gasteiger partial charge in [-0.2, -0.15) is 0 Å². The summed E-state index contributed by atoms with van der Waals surface area (Å²) in [5.74, 6) is 0.948. The standard InChI is InChI=1S/C13H12BrN3/c1-9-6-10-4-2-3-5-11(10)17(9)13-7-12(14)15-8-16-13/h2-5,7-9H,6H2,1H3. The quantitative estimate of drug-likeness (QED) is 0.754. The lowest BCUT2D eigenvalue weighted by molar-refractivity contribution is 0.748. The van der Waals surface area contributed by atoms with Crippen LogP contribution in [0.1, 0.15) is 12.5 Å². The highest BCUT2D eigenvalue weighted by Crippen LogP contribution is 2.37. The lowest BCUT2D eigenvalue weighted by Gasteiger charge is -2.23. The first-order valence-electron chi connectivity index (χ1n) is 5.60. The molecule has 1 unspecified atom stereocenters. The fourth-order valence-electron chi connectivity index (χ4n) is 2.37. The largest absolute Gasteiger partial charge is 0.323 e. The van der Waals surface area contributed by atoms with Gasteiger partial charge in [-0.3, -0.25) is 0 Å². The van der Waals surface area contributed by atoms with Crippen LogP contribution < -0.4 is 4.90 Å². The van der Waals surface area contributed by atoms with E-state index in [1.54, 1.807) is 6.33 Å². The first-order chi connectivity index (χ1) is 8.25. The highest BCUT2D eigenvalue weighted by atomic mass is 79.9. The number of aromatic nitrogens is 2. The highest BCUT2D eigenvalue weighted by Gasteiger charge is 2.27. The molecule has 86 valence electrons. The van der Waals surface area contributed by atoms with Crippen molar-refractivity contribution in [3.05, 3.63) is 46.8 Å². The zero-order valence-corrected chi connectivity index (χ0v) is 11.1. The second-order valence-corrected chi connectivity index (χ2v) is 5.06. The predicted octanol–water partition coefficient (Wildman–Crippen LogP) is 3.32. The number of rotatable bonds is 1. The van der Waals surface area contributed by atoms with E-state index in [0.717, 1.165) is 16.8 Å². The van der Waals surface area contributed by atoms with Gasteiger partial charge in [-0.25, -0.2) is 9.97 Å². The molecule has 1 aromatic heterocycles. The van der Waals surface area contributed by atoms with Gasteiger partial charge in [-0.1, -0.05) is 18.2 Å². The molecule has 0 saturated carbocycles. The Hall–Kier alpha value is -1.42. The minimum absolute atomic E-state index is 0.439. The summed E-state index contributed by atoms with van der Waals surface area (Å²) in [4.78, 5) is 10.7. The number of anilines is 2. The SMILES string of the molecule is CC1Cc2ccccc2N1c1cc(Br)ncn1. The summed E-state index contributed by atoms with van der Waals surface area (Å²) in [7, 11) is 0. The molecule has 1 aliphatic heterocycles. The lowest BCUT2D eigenvalue weighted by Crippen LogP contribution is -2.24. The van der Waals surface area contributed by atoms with E-state index >= 15 is 0 Å². The molecule has 0 spiro atoms. The maximum Gasteiger partial charge on any atom is 0.137 e. The number of hydrogen-bond donors (Lipinski definition) is 0. The molecule has 0 fully saturated rings. The molecule has 1 atom stereocenters. The van der Waals surface area contributed by atoms with Crippen molar-refractivity contribution in [3.8, 4) is 0 Å². The third kappa shape index (κ3) is 1.82. The Morgan fingerprint density at radius 3 is 2.94 bits per heavy atom. The molecule has 17 heavy (non-hydrogen) atoms. The van der Waals surface area contributed by atoms with E-state index in [1.165, 1.54) is 11.3 Å².